The molecule has 1 amide bonds. The molecule has 0 saturated heterocycles. The molecule has 17 heavy (non-hydrogen) atoms. The number of carbonyl (C=O) groups excluding carboxylic acids is 1. The molecule has 0 bridgehead atoms. The third-order valence-electron chi connectivity index (χ3n) is 2.79. The van der Waals surface area contributed by atoms with E-state index in [2.05, 4.69) is 4.98 Å². The van der Waals surface area contributed by atoms with Crippen LogP contribution in [-0.4, -0.2) is 29.4 Å². The minimum atomic E-state index is -0.107. The number of fused-ring (bicyclic) bond motifs is 1. The maximum atomic E-state index is 12.0. The van der Waals surface area contributed by atoms with Gasteiger partial charge in [0.15, 0.2) is 0 Å². The highest BCUT2D eigenvalue weighted by atomic mass is 16.2. The van der Waals surface area contributed by atoms with Crippen LogP contribution in [0.4, 0.5) is 0 Å². The van der Waals surface area contributed by atoms with Gasteiger partial charge in [0.25, 0.3) is 5.91 Å². The van der Waals surface area contributed by atoms with Crippen molar-refractivity contribution in [3.8, 4) is 0 Å². The maximum Gasteiger partial charge on any atom is 0.272 e. The van der Waals surface area contributed by atoms with Crippen molar-refractivity contribution in [1.82, 2.24) is 9.88 Å². The summed E-state index contributed by atoms with van der Waals surface area (Å²) in [6.07, 6.45) is 0. The standard InChI is InChI=1S/C14H14N2O/c1-4-16(3)14(17)13-9-10(2)11-7-5-6-8-12(11)15-13/h2,5-9H,4H2,1,3H3. The lowest BCUT2D eigenvalue weighted by Crippen LogP contribution is -2.27. The summed E-state index contributed by atoms with van der Waals surface area (Å²) in [6, 6.07) is 9.17. The summed E-state index contributed by atoms with van der Waals surface area (Å²) in [5.41, 5.74) is 1.73. The lowest BCUT2D eigenvalue weighted by atomic mass is 10.1. The molecule has 0 saturated carbocycles. The Morgan fingerprint density at radius 3 is 2.82 bits per heavy atom. The SMILES string of the molecule is [CH]c1cc(C(=O)N(C)CC)nc2ccccc12. The lowest BCUT2D eigenvalue weighted by Gasteiger charge is -2.14. The predicted octanol–water partition coefficient (Wildman–Crippen LogP) is 2.39. The van der Waals surface area contributed by atoms with E-state index >= 15 is 0 Å². The van der Waals surface area contributed by atoms with E-state index in [1.807, 2.05) is 31.2 Å². The summed E-state index contributed by atoms with van der Waals surface area (Å²) < 4.78 is 0. The summed E-state index contributed by atoms with van der Waals surface area (Å²) in [5.74, 6) is -0.107. The molecule has 3 heteroatoms. The van der Waals surface area contributed by atoms with E-state index in [0.717, 1.165) is 10.9 Å². The van der Waals surface area contributed by atoms with Gasteiger partial charge in [-0.2, -0.15) is 0 Å². The zero-order chi connectivity index (χ0) is 12.4. The topological polar surface area (TPSA) is 33.2 Å². The van der Waals surface area contributed by atoms with Gasteiger partial charge in [-0.05, 0) is 31.5 Å². The molecule has 2 radical (unpaired) electrons. The molecule has 1 aromatic carbocycles. The molecule has 0 aliphatic heterocycles. The van der Waals surface area contributed by atoms with Crippen LogP contribution in [-0.2, 0) is 0 Å². The van der Waals surface area contributed by atoms with Gasteiger partial charge < -0.3 is 4.90 Å². The van der Waals surface area contributed by atoms with Crippen molar-refractivity contribution >= 4 is 16.8 Å². The Bertz CT molecular complexity index is 563. The average molecular weight is 226 g/mol. The van der Waals surface area contributed by atoms with Crippen LogP contribution in [0.5, 0.6) is 0 Å². The Labute approximate surface area is 101 Å². The first kappa shape index (κ1) is 11.6. The Kier molecular flexibility index (Phi) is 3.09. The van der Waals surface area contributed by atoms with Gasteiger partial charge in [0.1, 0.15) is 5.69 Å². The van der Waals surface area contributed by atoms with Crippen molar-refractivity contribution in [2.75, 3.05) is 13.6 Å². The van der Waals surface area contributed by atoms with Crippen LogP contribution in [0.2, 0.25) is 0 Å². The number of para-hydroxylation sites is 1. The molecule has 1 aromatic heterocycles. The van der Waals surface area contributed by atoms with Crippen LogP contribution >= 0.6 is 0 Å². The van der Waals surface area contributed by atoms with Gasteiger partial charge >= 0.3 is 0 Å². The minimum Gasteiger partial charge on any atom is -0.341 e. The molecule has 3 nitrogen and oxygen atoms in total. The van der Waals surface area contributed by atoms with Crippen LogP contribution in [0, 0.1) is 6.92 Å². The molecule has 0 aliphatic carbocycles. The van der Waals surface area contributed by atoms with Gasteiger partial charge in [-0.15, -0.1) is 0 Å². The molecule has 0 atom stereocenters. The second-order valence-electron chi connectivity index (χ2n) is 3.93. The second-order valence-corrected chi connectivity index (χ2v) is 3.93. The molecule has 86 valence electrons. The molecular formula is C14H14N2O. The third-order valence-corrected chi connectivity index (χ3v) is 2.79. The first-order valence-electron chi connectivity index (χ1n) is 5.54. The van der Waals surface area contributed by atoms with Crippen LogP contribution in [0.25, 0.3) is 10.9 Å². The highest BCUT2D eigenvalue weighted by Crippen LogP contribution is 2.17. The quantitative estimate of drug-likeness (QED) is 0.787. The van der Waals surface area contributed by atoms with E-state index in [4.69, 9.17) is 6.92 Å². The fourth-order valence-corrected chi connectivity index (χ4v) is 1.65. The molecule has 2 aromatic rings. The number of rotatable bonds is 2. The maximum absolute atomic E-state index is 12.0. The number of amides is 1. The van der Waals surface area contributed by atoms with Crippen molar-refractivity contribution < 1.29 is 4.79 Å². The largest absolute Gasteiger partial charge is 0.341 e. The Morgan fingerprint density at radius 1 is 1.41 bits per heavy atom. The summed E-state index contributed by atoms with van der Waals surface area (Å²) in [4.78, 5) is 17.9. The van der Waals surface area contributed by atoms with Gasteiger partial charge in [-0.25, -0.2) is 4.98 Å². The molecule has 0 N–H and O–H groups in total. The van der Waals surface area contributed by atoms with Crippen molar-refractivity contribution in [2.24, 2.45) is 0 Å². The molecule has 2 rings (SSSR count). The highest BCUT2D eigenvalue weighted by molar-refractivity contribution is 5.96. The van der Waals surface area contributed by atoms with Crippen molar-refractivity contribution in [1.29, 1.82) is 0 Å². The van der Waals surface area contributed by atoms with Gasteiger partial charge in [-0.3, -0.25) is 4.79 Å². The number of nitrogens with zero attached hydrogens (tertiary/aromatic N) is 2. The number of benzene rings is 1. The van der Waals surface area contributed by atoms with Crippen molar-refractivity contribution in [2.45, 2.75) is 6.92 Å². The van der Waals surface area contributed by atoms with Crippen LogP contribution < -0.4 is 0 Å². The van der Waals surface area contributed by atoms with Gasteiger partial charge in [-0.1, -0.05) is 18.2 Å². The fourth-order valence-electron chi connectivity index (χ4n) is 1.65. The van der Waals surface area contributed by atoms with Gasteiger partial charge in [0, 0.05) is 19.0 Å². The molecule has 0 unspecified atom stereocenters. The van der Waals surface area contributed by atoms with Gasteiger partial charge in [0.2, 0.25) is 0 Å². The number of hydrogen-bond donors (Lipinski definition) is 0. The van der Waals surface area contributed by atoms with E-state index in [9.17, 15) is 4.79 Å². The fraction of sp³-hybridized carbons (Fsp3) is 0.214. The van der Waals surface area contributed by atoms with Crippen LogP contribution in [0.1, 0.15) is 23.0 Å². The molecule has 0 aliphatic rings. The van der Waals surface area contributed by atoms with Crippen LogP contribution in [0.3, 0.4) is 0 Å². The average Bonchev–Trinajstić information content (AvgIpc) is 2.37. The number of hydrogen-bond acceptors (Lipinski definition) is 2. The van der Waals surface area contributed by atoms with Crippen molar-refractivity contribution in [3.05, 3.63) is 48.5 Å². The Hall–Kier alpha value is -1.90. The van der Waals surface area contributed by atoms with Crippen molar-refractivity contribution in [3.63, 3.8) is 0 Å². The van der Waals surface area contributed by atoms with E-state index < -0.39 is 0 Å². The predicted molar refractivity (Wildman–Crippen MR) is 67.8 cm³/mol. The smallest absolute Gasteiger partial charge is 0.272 e. The highest BCUT2D eigenvalue weighted by Gasteiger charge is 2.13. The molecule has 0 fully saturated rings. The van der Waals surface area contributed by atoms with E-state index in [-0.39, 0.29) is 5.91 Å². The lowest BCUT2D eigenvalue weighted by molar-refractivity contribution is 0.0797. The van der Waals surface area contributed by atoms with E-state index in [1.165, 1.54) is 0 Å². The zero-order valence-corrected chi connectivity index (χ0v) is 9.97. The number of aromatic nitrogens is 1. The Morgan fingerprint density at radius 2 is 2.12 bits per heavy atom. The normalized spacial score (nSPS) is 10.5. The number of pyridine rings is 1. The summed E-state index contributed by atoms with van der Waals surface area (Å²) in [5, 5.41) is 0.878. The summed E-state index contributed by atoms with van der Waals surface area (Å²) in [7, 11) is 1.75. The Balaban J connectivity index is 2.54. The molecule has 1 heterocycles. The zero-order valence-electron chi connectivity index (χ0n) is 9.97. The first-order valence-corrected chi connectivity index (χ1v) is 5.54. The summed E-state index contributed by atoms with van der Waals surface area (Å²) >= 11 is 0. The van der Waals surface area contributed by atoms with E-state index in [0.29, 0.717) is 17.8 Å². The number of carbonyl (C=O) groups is 1. The monoisotopic (exact) mass is 226 g/mol. The molecular weight excluding hydrogens is 212 g/mol. The van der Waals surface area contributed by atoms with E-state index in [1.54, 1.807) is 18.0 Å². The minimum absolute atomic E-state index is 0.107. The first-order chi connectivity index (χ1) is 8.13. The van der Waals surface area contributed by atoms with Gasteiger partial charge in [0.05, 0.1) is 5.52 Å². The molecule has 0 spiro atoms. The summed E-state index contributed by atoms with van der Waals surface area (Å²) in [6.45, 7) is 8.49. The third kappa shape index (κ3) is 2.13. The van der Waals surface area contributed by atoms with Crippen LogP contribution in [0.15, 0.2) is 30.3 Å². The second kappa shape index (κ2) is 4.53.